The van der Waals surface area contributed by atoms with Crippen LogP contribution in [-0.4, -0.2) is 70.1 Å². The van der Waals surface area contributed by atoms with E-state index in [-0.39, 0.29) is 37.1 Å². The van der Waals surface area contributed by atoms with Crippen molar-refractivity contribution < 1.29 is 14.4 Å². The van der Waals surface area contributed by atoms with E-state index in [9.17, 15) is 14.4 Å². The summed E-state index contributed by atoms with van der Waals surface area (Å²) in [6.07, 6.45) is 0.441. The fourth-order valence-electron chi connectivity index (χ4n) is 3.51. The first kappa shape index (κ1) is 18.8. The number of piperazine rings is 1. The molecule has 8 heteroatoms. The molecule has 1 aromatic heterocycles. The zero-order valence-electron chi connectivity index (χ0n) is 15.5. The molecule has 7 nitrogen and oxygen atoms in total. The zero-order chi connectivity index (χ0) is 19.5. The van der Waals surface area contributed by atoms with E-state index in [1.54, 1.807) is 16.2 Å². The van der Waals surface area contributed by atoms with E-state index in [4.69, 9.17) is 4.98 Å². The minimum absolute atomic E-state index is 0.121. The number of carbonyl (C=O) groups is 3. The molecule has 2 saturated heterocycles. The Morgan fingerprint density at radius 1 is 1.00 bits per heavy atom. The predicted molar refractivity (Wildman–Crippen MR) is 105 cm³/mol. The number of hydrogen-bond donors (Lipinski definition) is 0. The first-order valence-electron chi connectivity index (χ1n) is 9.43. The molecule has 1 aromatic carbocycles. The lowest BCUT2D eigenvalue weighted by Gasteiger charge is -2.35. The van der Waals surface area contributed by atoms with Gasteiger partial charge in [0.05, 0.1) is 5.69 Å². The van der Waals surface area contributed by atoms with Crippen LogP contribution in [0.2, 0.25) is 0 Å². The second kappa shape index (κ2) is 8.20. The van der Waals surface area contributed by atoms with Crippen molar-refractivity contribution >= 4 is 29.1 Å². The van der Waals surface area contributed by atoms with Crippen LogP contribution in [0.5, 0.6) is 0 Å². The van der Waals surface area contributed by atoms with Crippen molar-refractivity contribution in [3.63, 3.8) is 0 Å². The van der Waals surface area contributed by atoms with Gasteiger partial charge >= 0.3 is 0 Å². The Balaban J connectivity index is 1.28. The quantitative estimate of drug-likeness (QED) is 0.716. The van der Waals surface area contributed by atoms with Gasteiger partial charge in [0.25, 0.3) is 0 Å². The van der Waals surface area contributed by atoms with Gasteiger partial charge in [0.15, 0.2) is 0 Å². The summed E-state index contributed by atoms with van der Waals surface area (Å²) in [5, 5.41) is 3.11. The fourth-order valence-corrected chi connectivity index (χ4v) is 4.33. The summed E-state index contributed by atoms with van der Waals surface area (Å²) in [5.41, 5.74) is 2.16. The minimum atomic E-state index is -0.241. The first-order chi connectivity index (χ1) is 13.6. The summed E-state index contributed by atoms with van der Waals surface area (Å²) >= 11 is 1.64. The maximum Gasteiger partial charge on any atom is 0.242 e. The van der Waals surface area contributed by atoms with Gasteiger partial charge in [0, 0.05) is 56.5 Å². The molecular formula is C20H22N4O3S. The third-order valence-electron chi connectivity index (χ3n) is 5.13. The molecule has 2 aromatic rings. The van der Waals surface area contributed by atoms with Crippen molar-refractivity contribution in [3.05, 3.63) is 41.4 Å². The highest BCUT2D eigenvalue weighted by molar-refractivity contribution is 7.13. The highest BCUT2D eigenvalue weighted by Crippen LogP contribution is 2.24. The molecule has 2 aliphatic rings. The third-order valence-corrected chi connectivity index (χ3v) is 6.07. The molecule has 3 amide bonds. The molecule has 0 saturated carbocycles. The monoisotopic (exact) mass is 398 g/mol. The SMILES string of the molecule is O=C(CN1C(=O)CCC1=O)N1CCN(Cc2csc(-c3ccccc3)n2)CC1. The molecule has 2 fully saturated rings. The Labute approximate surface area is 167 Å². The van der Waals surface area contributed by atoms with Crippen LogP contribution in [0.25, 0.3) is 10.6 Å². The Bertz CT molecular complexity index is 859. The van der Waals surface area contributed by atoms with E-state index in [2.05, 4.69) is 22.4 Å². The van der Waals surface area contributed by atoms with Gasteiger partial charge < -0.3 is 4.90 Å². The summed E-state index contributed by atoms with van der Waals surface area (Å²) in [7, 11) is 0. The average Bonchev–Trinajstić information content (AvgIpc) is 3.31. The van der Waals surface area contributed by atoms with Crippen LogP contribution >= 0.6 is 11.3 Å². The maximum absolute atomic E-state index is 12.4. The number of aromatic nitrogens is 1. The predicted octanol–water partition coefficient (Wildman–Crippen LogP) is 1.60. The number of likely N-dealkylation sites (tertiary alicyclic amines) is 1. The molecule has 28 heavy (non-hydrogen) atoms. The molecule has 0 atom stereocenters. The largest absolute Gasteiger partial charge is 0.339 e. The molecular weight excluding hydrogens is 376 g/mol. The van der Waals surface area contributed by atoms with Gasteiger partial charge in [0.1, 0.15) is 11.6 Å². The molecule has 0 unspecified atom stereocenters. The van der Waals surface area contributed by atoms with E-state index in [0.29, 0.717) is 13.1 Å². The highest BCUT2D eigenvalue weighted by Gasteiger charge is 2.32. The molecule has 3 heterocycles. The Morgan fingerprint density at radius 2 is 1.68 bits per heavy atom. The second-order valence-corrected chi connectivity index (χ2v) is 7.90. The fraction of sp³-hybridized carbons (Fsp3) is 0.400. The standard InChI is InChI=1S/C20H22N4O3S/c25-17-6-7-18(26)24(17)13-19(27)23-10-8-22(9-11-23)12-16-14-28-20(21-16)15-4-2-1-3-5-15/h1-5,14H,6-13H2. The third kappa shape index (κ3) is 4.13. The van der Waals surface area contributed by atoms with Gasteiger partial charge in [-0.1, -0.05) is 30.3 Å². The van der Waals surface area contributed by atoms with Gasteiger partial charge in [-0.2, -0.15) is 0 Å². The number of hydrogen-bond acceptors (Lipinski definition) is 6. The van der Waals surface area contributed by atoms with Crippen LogP contribution in [0.1, 0.15) is 18.5 Å². The smallest absolute Gasteiger partial charge is 0.242 e. The summed E-state index contributed by atoms with van der Waals surface area (Å²) in [6, 6.07) is 10.1. The van der Waals surface area contributed by atoms with Gasteiger partial charge in [-0.15, -0.1) is 11.3 Å². The van der Waals surface area contributed by atoms with Crippen LogP contribution < -0.4 is 0 Å². The Morgan fingerprint density at radius 3 is 2.36 bits per heavy atom. The van der Waals surface area contributed by atoms with E-state index in [0.717, 1.165) is 40.8 Å². The van der Waals surface area contributed by atoms with Crippen molar-refractivity contribution in [2.75, 3.05) is 32.7 Å². The van der Waals surface area contributed by atoms with Crippen molar-refractivity contribution in [3.8, 4) is 10.6 Å². The molecule has 0 bridgehead atoms. The number of imide groups is 1. The lowest BCUT2D eigenvalue weighted by molar-refractivity contribution is -0.146. The van der Waals surface area contributed by atoms with Gasteiger partial charge in [-0.25, -0.2) is 4.98 Å². The van der Waals surface area contributed by atoms with Crippen LogP contribution in [0, 0.1) is 0 Å². The number of benzene rings is 1. The maximum atomic E-state index is 12.4. The summed E-state index contributed by atoms with van der Waals surface area (Å²) in [5.74, 6) is -0.632. The molecule has 0 spiro atoms. The normalized spacial score (nSPS) is 18.1. The number of nitrogens with zero attached hydrogens (tertiary/aromatic N) is 4. The van der Waals surface area contributed by atoms with Crippen molar-refractivity contribution in [2.24, 2.45) is 0 Å². The van der Waals surface area contributed by atoms with Crippen LogP contribution in [0.3, 0.4) is 0 Å². The van der Waals surface area contributed by atoms with E-state index in [1.807, 2.05) is 18.2 Å². The molecule has 4 rings (SSSR count). The number of thiazole rings is 1. The minimum Gasteiger partial charge on any atom is -0.339 e. The molecule has 0 N–H and O–H groups in total. The van der Waals surface area contributed by atoms with E-state index < -0.39 is 0 Å². The van der Waals surface area contributed by atoms with Crippen LogP contribution in [-0.2, 0) is 20.9 Å². The second-order valence-electron chi connectivity index (χ2n) is 7.04. The molecule has 146 valence electrons. The van der Waals surface area contributed by atoms with Crippen molar-refractivity contribution in [2.45, 2.75) is 19.4 Å². The lowest BCUT2D eigenvalue weighted by Crippen LogP contribution is -2.51. The van der Waals surface area contributed by atoms with Crippen LogP contribution in [0.15, 0.2) is 35.7 Å². The number of carbonyl (C=O) groups excluding carboxylic acids is 3. The topological polar surface area (TPSA) is 73.8 Å². The van der Waals surface area contributed by atoms with Gasteiger partial charge in [0.2, 0.25) is 17.7 Å². The van der Waals surface area contributed by atoms with Crippen molar-refractivity contribution in [1.82, 2.24) is 19.7 Å². The van der Waals surface area contributed by atoms with Gasteiger partial charge in [-0.3, -0.25) is 24.2 Å². The lowest BCUT2D eigenvalue weighted by atomic mass is 10.2. The van der Waals surface area contributed by atoms with Crippen LogP contribution in [0.4, 0.5) is 0 Å². The zero-order valence-corrected chi connectivity index (χ0v) is 16.4. The molecule has 0 aliphatic carbocycles. The summed E-state index contributed by atoms with van der Waals surface area (Å²) in [4.78, 5) is 45.6. The number of amides is 3. The number of rotatable bonds is 5. The van der Waals surface area contributed by atoms with E-state index >= 15 is 0 Å². The summed E-state index contributed by atoms with van der Waals surface area (Å²) in [6.45, 7) is 3.35. The van der Waals surface area contributed by atoms with Gasteiger partial charge in [-0.05, 0) is 0 Å². The molecule has 0 radical (unpaired) electrons. The average molecular weight is 398 g/mol. The van der Waals surface area contributed by atoms with Crippen molar-refractivity contribution in [1.29, 1.82) is 0 Å². The highest BCUT2D eigenvalue weighted by atomic mass is 32.1. The summed E-state index contributed by atoms with van der Waals surface area (Å²) < 4.78 is 0. The Kier molecular flexibility index (Phi) is 5.50. The Hall–Kier alpha value is -2.58. The van der Waals surface area contributed by atoms with E-state index in [1.165, 1.54) is 0 Å². The molecule has 2 aliphatic heterocycles. The first-order valence-corrected chi connectivity index (χ1v) is 10.3.